The van der Waals surface area contributed by atoms with Crippen LogP contribution in [0.4, 0.5) is 13.2 Å². The van der Waals surface area contributed by atoms with Crippen LogP contribution in [0.5, 0.6) is 5.75 Å². The highest BCUT2D eigenvalue weighted by atomic mass is 19.4. The minimum Gasteiger partial charge on any atom is -0.406 e. The SMILES string of the molecule is O=C(/C=C/c1cccc(OC(F)(F)F)c1)N1CC2CCN(C(=O)c3ccc4n[nH]nc4c3)CCC2C1. The number of aromatic amines is 1. The number of amides is 2. The first-order valence-corrected chi connectivity index (χ1v) is 11.7. The molecule has 36 heavy (non-hydrogen) atoms. The minimum absolute atomic E-state index is 0.0347. The van der Waals surface area contributed by atoms with E-state index in [-0.39, 0.29) is 17.6 Å². The lowest BCUT2D eigenvalue weighted by Gasteiger charge is -2.22. The first kappa shape index (κ1) is 23.8. The van der Waals surface area contributed by atoms with Crippen LogP contribution < -0.4 is 4.74 Å². The molecule has 2 aliphatic heterocycles. The summed E-state index contributed by atoms with van der Waals surface area (Å²) in [5.74, 6) is 0.0375. The molecule has 2 atom stereocenters. The molecule has 2 fully saturated rings. The number of alkyl halides is 3. The molecule has 0 spiro atoms. The van der Waals surface area contributed by atoms with E-state index in [2.05, 4.69) is 20.1 Å². The second-order valence-corrected chi connectivity index (χ2v) is 9.11. The zero-order valence-electron chi connectivity index (χ0n) is 19.2. The van der Waals surface area contributed by atoms with Crippen molar-refractivity contribution in [2.75, 3.05) is 26.2 Å². The Kier molecular flexibility index (Phi) is 6.38. The number of hydrogen-bond donors (Lipinski definition) is 1. The molecule has 2 unspecified atom stereocenters. The third-order valence-corrected chi connectivity index (χ3v) is 6.79. The lowest BCUT2D eigenvalue weighted by molar-refractivity contribution is -0.274. The standard InChI is InChI=1S/C25H24F3N5O3/c26-25(27,28)36-20-3-1-2-16(12-20)4-7-23(34)33-14-18-8-10-32(11-9-19(18)15-33)24(35)17-5-6-21-22(13-17)30-31-29-21/h1-7,12-13,18-19H,8-11,14-15H2,(H,29,30,31)/b7-4+. The Morgan fingerprint density at radius 2 is 1.69 bits per heavy atom. The predicted molar refractivity (Wildman–Crippen MR) is 125 cm³/mol. The maximum Gasteiger partial charge on any atom is 0.573 e. The van der Waals surface area contributed by atoms with E-state index in [9.17, 15) is 22.8 Å². The summed E-state index contributed by atoms with van der Waals surface area (Å²) >= 11 is 0. The van der Waals surface area contributed by atoms with E-state index in [1.807, 2.05) is 4.90 Å². The molecule has 188 valence electrons. The molecule has 0 aliphatic carbocycles. The van der Waals surface area contributed by atoms with Gasteiger partial charge in [-0.2, -0.15) is 15.4 Å². The largest absolute Gasteiger partial charge is 0.573 e. The molecule has 11 heteroatoms. The quantitative estimate of drug-likeness (QED) is 0.551. The molecule has 2 amide bonds. The van der Waals surface area contributed by atoms with Crippen molar-refractivity contribution < 1.29 is 27.5 Å². The zero-order chi connectivity index (χ0) is 25.3. The van der Waals surface area contributed by atoms with Crippen LogP contribution >= 0.6 is 0 Å². The van der Waals surface area contributed by atoms with Crippen LogP contribution in [0.25, 0.3) is 17.1 Å². The fourth-order valence-electron chi connectivity index (χ4n) is 4.98. The van der Waals surface area contributed by atoms with Crippen molar-refractivity contribution in [3.8, 4) is 5.75 Å². The first-order chi connectivity index (χ1) is 17.2. The average molecular weight is 499 g/mol. The number of benzene rings is 2. The molecule has 0 radical (unpaired) electrons. The molecular formula is C25H24F3N5O3. The van der Waals surface area contributed by atoms with Gasteiger partial charge in [0.1, 0.15) is 16.8 Å². The number of rotatable bonds is 4. The Hall–Kier alpha value is -3.89. The minimum atomic E-state index is -4.77. The molecule has 1 aromatic heterocycles. The number of aromatic nitrogens is 3. The normalized spacial score (nSPS) is 20.5. The van der Waals surface area contributed by atoms with Gasteiger partial charge in [0.25, 0.3) is 5.91 Å². The number of halogens is 3. The molecular weight excluding hydrogens is 475 g/mol. The molecule has 0 bridgehead atoms. The Balaban J connectivity index is 1.17. The molecule has 2 aliphatic rings. The summed E-state index contributed by atoms with van der Waals surface area (Å²) < 4.78 is 41.2. The molecule has 3 aromatic rings. The Bertz CT molecular complexity index is 1290. The Morgan fingerprint density at radius 1 is 0.972 bits per heavy atom. The summed E-state index contributed by atoms with van der Waals surface area (Å²) in [6, 6.07) is 10.8. The highest BCUT2D eigenvalue weighted by Crippen LogP contribution is 2.32. The van der Waals surface area contributed by atoms with Gasteiger partial charge < -0.3 is 14.5 Å². The summed E-state index contributed by atoms with van der Waals surface area (Å²) in [6.07, 6.45) is -0.299. The number of fused-ring (bicyclic) bond motifs is 2. The number of ether oxygens (including phenoxy) is 1. The van der Waals surface area contributed by atoms with E-state index in [0.29, 0.717) is 60.2 Å². The molecule has 5 rings (SSSR count). The first-order valence-electron chi connectivity index (χ1n) is 11.7. The van der Waals surface area contributed by atoms with Crippen LogP contribution in [-0.4, -0.2) is 69.6 Å². The van der Waals surface area contributed by atoms with Gasteiger partial charge in [-0.25, -0.2) is 0 Å². The Labute approximate surface area is 204 Å². The van der Waals surface area contributed by atoms with Crippen molar-refractivity contribution >= 4 is 28.9 Å². The number of carbonyl (C=O) groups is 2. The molecule has 8 nitrogen and oxygen atoms in total. The van der Waals surface area contributed by atoms with Gasteiger partial charge in [0, 0.05) is 37.8 Å². The van der Waals surface area contributed by atoms with Crippen molar-refractivity contribution in [1.82, 2.24) is 25.2 Å². The predicted octanol–water partition coefficient (Wildman–Crippen LogP) is 3.88. The number of hydrogen-bond acceptors (Lipinski definition) is 5. The second kappa shape index (κ2) is 9.63. The summed E-state index contributed by atoms with van der Waals surface area (Å²) in [5.41, 5.74) is 2.37. The summed E-state index contributed by atoms with van der Waals surface area (Å²) in [4.78, 5) is 29.4. The fourth-order valence-corrected chi connectivity index (χ4v) is 4.98. The van der Waals surface area contributed by atoms with Crippen molar-refractivity contribution in [3.63, 3.8) is 0 Å². The Morgan fingerprint density at radius 3 is 2.42 bits per heavy atom. The number of H-pyrrole nitrogens is 1. The lowest BCUT2D eigenvalue weighted by Crippen LogP contribution is -2.33. The van der Waals surface area contributed by atoms with Gasteiger partial charge in [-0.1, -0.05) is 12.1 Å². The van der Waals surface area contributed by atoms with Crippen molar-refractivity contribution in [3.05, 3.63) is 59.7 Å². The van der Waals surface area contributed by atoms with Gasteiger partial charge in [-0.15, -0.1) is 13.2 Å². The highest BCUT2D eigenvalue weighted by molar-refractivity contribution is 5.97. The van der Waals surface area contributed by atoms with Gasteiger partial charge in [0.2, 0.25) is 5.91 Å². The van der Waals surface area contributed by atoms with Crippen molar-refractivity contribution in [2.45, 2.75) is 19.2 Å². The van der Waals surface area contributed by atoms with E-state index >= 15 is 0 Å². The number of likely N-dealkylation sites (tertiary alicyclic amines) is 2. The van der Waals surface area contributed by atoms with E-state index in [1.54, 1.807) is 29.2 Å². The summed E-state index contributed by atoms with van der Waals surface area (Å²) in [5, 5.41) is 10.6. The number of carbonyl (C=O) groups excluding carboxylic acids is 2. The molecule has 1 N–H and O–H groups in total. The van der Waals surface area contributed by atoms with E-state index in [4.69, 9.17) is 0 Å². The lowest BCUT2D eigenvalue weighted by atomic mass is 9.92. The van der Waals surface area contributed by atoms with E-state index in [1.165, 1.54) is 30.4 Å². The zero-order valence-corrected chi connectivity index (χ0v) is 19.2. The summed E-state index contributed by atoms with van der Waals surface area (Å²) in [7, 11) is 0. The number of nitrogens with one attached hydrogen (secondary N) is 1. The average Bonchev–Trinajstić information content (AvgIpc) is 3.43. The van der Waals surface area contributed by atoms with Crippen LogP contribution in [0, 0.1) is 11.8 Å². The molecule has 3 heterocycles. The third-order valence-electron chi connectivity index (χ3n) is 6.79. The van der Waals surface area contributed by atoms with Gasteiger partial charge in [-0.3, -0.25) is 9.59 Å². The highest BCUT2D eigenvalue weighted by Gasteiger charge is 2.37. The van der Waals surface area contributed by atoms with Crippen LogP contribution in [0.15, 0.2) is 48.5 Å². The smallest absolute Gasteiger partial charge is 0.406 e. The van der Waals surface area contributed by atoms with Crippen LogP contribution in [0.1, 0.15) is 28.8 Å². The van der Waals surface area contributed by atoms with Gasteiger partial charge in [0.05, 0.1) is 0 Å². The molecule has 2 aromatic carbocycles. The molecule has 0 saturated carbocycles. The van der Waals surface area contributed by atoms with Gasteiger partial charge >= 0.3 is 6.36 Å². The van der Waals surface area contributed by atoms with Crippen molar-refractivity contribution in [2.24, 2.45) is 11.8 Å². The van der Waals surface area contributed by atoms with Crippen LogP contribution in [-0.2, 0) is 4.79 Å². The van der Waals surface area contributed by atoms with Crippen molar-refractivity contribution in [1.29, 1.82) is 0 Å². The maximum atomic E-state index is 13.1. The maximum absolute atomic E-state index is 13.1. The van der Waals surface area contributed by atoms with Crippen LogP contribution in [0.2, 0.25) is 0 Å². The number of nitrogens with zero attached hydrogens (tertiary/aromatic N) is 4. The third kappa shape index (κ3) is 5.34. The topological polar surface area (TPSA) is 91.4 Å². The van der Waals surface area contributed by atoms with Crippen LogP contribution in [0.3, 0.4) is 0 Å². The van der Waals surface area contributed by atoms with Gasteiger partial charge in [0.15, 0.2) is 0 Å². The van der Waals surface area contributed by atoms with E-state index in [0.717, 1.165) is 12.8 Å². The summed E-state index contributed by atoms with van der Waals surface area (Å²) in [6.45, 7) is 2.41. The fraction of sp³-hybridized carbons (Fsp3) is 0.360. The molecule has 2 saturated heterocycles. The van der Waals surface area contributed by atoms with E-state index < -0.39 is 6.36 Å². The second-order valence-electron chi connectivity index (χ2n) is 9.11. The van der Waals surface area contributed by atoms with Gasteiger partial charge in [-0.05, 0) is 66.6 Å². The monoisotopic (exact) mass is 499 g/mol.